The molecule has 38 heavy (non-hydrogen) atoms. The zero-order chi connectivity index (χ0) is 27.6. The molecule has 2 atom stereocenters. The number of benzene rings is 1. The number of carboxylic acid groups (broad SMARTS) is 1. The van der Waals surface area contributed by atoms with Crippen LogP contribution in [0.3, 0.4) is 0 Å². The van der Waals surface area contributed by atoms with E-state index >= 15 is 0 Å². The van der Waals surface area contributed by atoms with Crippen LogP contribution in [0.1, 0.15) is 34.5 Å². The number of aryl methyl sites for hydroxylation is 1. The number of rotatable bonds is 6. The van der Waals surface area contributed by atoms with Gasteiger partial charge < -0.3 is 35.1 Å². The summed E-state index contributed by atoms with van der Waals surface area (Å²) in [6.45, 7) is 2.18. The average molecular weight is 523 g/mol. The molecular formula is C24H26BN5O8. The molecule has 2 aliphatic rings. The Kier molecular flexibility index (Phi) is 7.62. The van der Waals surface area contributed by atoms with E-state index in [0.717, 1.165) is 4.90 Å². The Bertz CT molecular complexity index is 1300. The second kappa shape index (κ2) is 10.9. The van der Waals surface area contributed by atoms with Gasteiger partial charge in [0.1, 0.15) is 18.8 Å². The third kappa shape index (κ3) is 5.30. The van der Waals surface area contributed by atoms with Gasteiger partial charge in [-0.15, -0.1) is 0 Å². The molecular weight excluding hydrogens is 497 g/mol. The molecule has 1 unspecified atom stereocenters. The molecule has 13 nitrogen and oxygen atoms in total. The van der Waals surface area contributed by atoms with Crippen LogP contribution in [0.4, 0.5) is 4.79 Å². The van der Waals surface area contributed by atoms with Crippen LogP contribution in [0.2, 0.25) is 0 Å². The molecule has 14 heteroatoms. The first-order valence-electron chi connectivity index (χ1n) is 12.0. The minimum absolute atomic E-state index is 0.0338. The molecule has 0 radical (unpaired) electrons. The van der Waals surface area contributed by atoms with Crippen molar-refractivity contribution in [2.24, 2.45) is 7.05 Å². The van der Waals surface area contributed by atoms with Gasteiger partial charge in [0.25, 0.3) is 0 Å². The summed E-state index contributed by atoms with van der Waals surface area (Å²) < 4.78 is 7.06. The Morgan fingerprint density at radius 3 is 2.66 bits per heavy atom. The molecule has 0 spiro atoms. The fraction of sp³-hybridized carbons (Fsp3) is 0.333. The second-order valence-corrected chi connectivity index (χ2v) is 8.94. The topological polar surface area (TPSA) is 172 Å². The van der Waals surface area contributed by atoms with Crippen LogP contribution in [0.15, 0.2) is 42.7 Å². The van der Waals surface area contributed by atoms with Gasteiger partial charge >= 0.3 is 25.0 Å². The molecule has 3 heterocycles. The lowest BCUT2D eigenvalue weighted by Gasteiger charge is -2.33. The lowest BCUT2D eigenvalue weighted by molar-refractivity contribution is -0.672. The summed E-state index contributed by atoms with van der Waals surface area (Å²) >= 11 is 0. The van der Waals surface area contributed by atoms with E-state index < -0.39 is 48.8 Å². The molecule has 1 aromatic carbocycles. The van der Waals surface area contributed by atoms with E-state index in [9.17, 15) is 34.1 Å². The van der Waals surface area contributed by atoms with Gasteiger partial charge in [0.2, 0.25) is 5.91 Å². The summed E-state index contributed by atoms with van der Waals surface area (Å²) in [6.07, 6.45) is 3.36. The molecule has 1 saturated heterocycles. The number of fused-ring (bicyclic) bond motifs is 1. The molecule has 0 saturated carbocycles. The SMILES string of the molecule is CCN1CCN(C(=O)NC(C(=O)N[C@H]2Cc3cccc(C(=O)[O-])c3OB2O)c2ccc[n+](C)c2)C(=O)C1=O. The van der Waals surface area contributed by atoms with Gasteiger partial charge in [0.05, 0.1) is 11.9 Å². The number of piperazine rings is 1. The van der Waals surface area contributed by atoms with E-state index in [2.05, 4.69) is 10.6 Å². The largest absolute Gasteiger partial charge is 0.547 e. The number of nitrogens with one attached hydrogen (secondary N) is 2. The molecule has 3 N–H and O–H groups in total. The highest BCUT2D eigenvalue weighted by molar-refractivity contribution is 6.47. The van der Waals surface area contributed by atoms with Crippen molar-refractivity contribution < 1.29 is 43.3 Å². The van der Waals surface area contributed by atoms with Crippen molar-refractivity contribution in [2.45, 2.75) is 25.3 Å². The third-order valence-electron chi connectivity index (χ3n) is 6.43. The average Bonchev–Trinajstić information content (AvgIpc) is 2.88. The fourth-order valence-corrected chi connectivity index (χ4v) is 4.43. The summed E-state index contributed by atoms with van der Waals surface area (Å²) in [4.78, 5) is 64.7. The van der Waals surface area contributed by atoms with Gasteiger partial charge in [-0.3, -0.25) is 19.3 Å². The van der Waals surface area contributed by atoms with E-state index in [1.807, 2.05) is 0 Å². The predicted octanol–water partition coefficient (Wildman–Crippen LogP) is -2.54. The number of aromatic nitrogens is 1. The summed E-state index contributed by atoms with van der Waals surface area (Å²) in [7, 11) is 0.133. The zero-order valence-electron chi connectivity index (χ0n) is 20.7. The van der Waals surface area contributed by atoms with Crippen molar-refractivity contribution in [3.8, 4) is 5.75 Å². The number of carboxylic acids is 1. The van der Waals surface area contributed by atoms with Gasteiger partial charge in [0.15, 0.2) is 12.4 Å². The Morgan fingerprint density at radius 1 is 1.21 bits per heavy atom. The van der Waals surface area contributed by atoms with Gasteiger partial charge in [0, 0.05) is 36.8 Å². The highest BCUT2D eigenvalue weighted by Crippen LogP contribution is 2.30. The number of imide groups is 1. The van der Waals surface area contributed by atoms with Crippen molar-refractivity contribution >= 4 is 36.8 Å². The molecule has 0 aliphatic carbocycles. The molecule has 1 fully saturated rings. The predicted molar refractivity (Wildman–Crippen MR) is 128 cm³/mol. The number of carbonyl (C=O) groups is 5. The Labute approximate surface area is 218 Å². The summed E-state index contributed by atoms with van der Waals surface area (Å²) in [6, 6.07) is 5.41. The smallest absolute Gasteiger partial charge is 0.545 e. The number of likely N-dealkylation sites (N-methyl/N-ethyl adjacent to an activating group) is 1. The van der Waals surface area contributed by atoms with E-state index in [-0.39, 0.29) is 30.8 Å². The number of urea groups is 1. The molecule has 1 aromatic heterocycles. The second-order valence-electron chi connectivity index (χ2n) is 8.94. The van der Waals surface area contributed by atoms with Crippen molar-refractivity contribution in [1.29, 1.82) is 0 Å². The van der Waals surface area contributed by atoms with Crippen LogP contribution in [-0.2, 0) is 27.9 Å². The maximum Gasteiger partial charge on any atom is 0.547 e. The molecule has 2 aliphatic heterocycles. The standard InChI is InChI=1S/C24H26BN5O8/c1-3-29-10-11-30(22(33)21(29)32)24(36)27-18(15-7-5-9-28(2)13-15)20(31)26-17-12-14-6-4-8-16(23(34)35)19(14)38-25(17)37/h4-9,13,17-18,37H,3,10-12H2,1-2H3,(H2-,26,27,31,34,35,36)/t17-,18?/m0/s1. The highest BCUT2D eigenvalue weighted by Gasteiger charge is 2.40. The number of para-hydroxylation sites is 1. The lowest BCUT2D eigenvalue weighted by atomic mass is 9.72. The maximum atomic E-state index is 13.4. The first-order valence-corrected chi connectivity index (χ1v) is 12.0. The fourth-order valence-electron chi connectivity index (χ4n) is 4.43. The summed E-state index contributed by atoms with van der Waals surface area (Å²) in [5.74, 6) is -5.02. The first kappa shape index (κ1) is 26.6. The van der Waals surface area contributed by atoms with Gasteiger partial charge in [-0.05, 0) is 31.0 Å². The third-order valence-corrected chi connectivity index (χ3v) is 6.43. The van der Waals surface area contributed by atoms with E-state index in [4.69, 9.17) is 4.65 Å². The summed E-state index contributed by atoms with van der Waals surface area (Å²) in [5, 5.41) is 27.1. The number of hydrogen-bond acceptors (Lipinski definition) is 8. The monoisotopic (exact) mass is 523 g/mol. The van der Waals surface area contributed by atoms with Crippen LogP contribution in [0, 0.1) is 0 Å². The Hall–Kier alpha value is -4.46. The van der Waals surface area contributed by atoms with Crippen LogP contribution >= 0.6 is 0 Å². The maximum absolute atomic E-state index is 13.4. The molecule has 198 valence electrons. The number of carbonyl (C=O) groups excluding carboxylic acids is 5. The van der Waals surface area contributed by atoms with E-state index in [0.29, 0.717) is 17.7 Å². The minimum Gasteiger partial charge on any atom is -0.545 e. The summed E-state index contributed by atoms with van der Waals surface area (Å²) in [5.41, 5.74) is 0.584. The number of nitrogens with zero attached hydrogens (tertiary/aromatic N) is 3. The number of amides is 5. The quantitative estimate of drug-likeness (QED) is 0.211. The van der Waals surface area contributed by atoms with Crippen LogP contribution in [0.25, 0.3) is 0 Å². The first-order chi connectivity index (χ1) is 18.1. The van der Waals surface area contributed by atoms with Crippen LogP contribution in [-0.4, -0.2) is 77.2 Å². The van der Waals surface area contributed by atoms with Crippen molar-refractivity contribution in [3.05, 3.63) is 59.4 Å². The van der Waals surface area contributed by atoms with E-state index in [1.165, 1.54) is 17.0 Å². The number of aromatic carboxylic acids is 1. The molecule has 5 amide bonds. The van der Waals surface area contributed by atoms with Crippen LogP contribution < -0.4 is 25.0 Å². The Morgan fingerprint density at radius 2 is 1.97 bits per heavy atom. The van der Waals surface area contributed by atoms with E-state index in [1.54, 1.807) is 49.1 Å². The molecule has 4 rings (SSSR count). The van der Waals surface area contributed by atoms with Crippen molar-refractivity contribution in [3.63, 3.8) is 0 Å². The normalized spacial score (nSPS) is 17.9. The van der Waals surface area contributed by atoms with Gasteiger partial charge in [-0.2, -0.15) is 0 Å². The molecule has 2 aromatic rings. The van der Waals surface area contributed by atoms with Gasteiger partial charge in [-0.25, -0.2) is 9.36 Å². The van der Waals surface area contributed by atoms with Crippen molar-refractivity contribution in [1.82, 2.24) is 20.4 Å². The zero-order valence-corrected chi connectivity index (χ0v) is 20.7. The van der Waals surface area contributed by atoms with Gasteiger partial charge in [-0.1, -0.05) is 12.1 Å². The lowest BCUT2D eigenvalue weighted by Crippen LogP contribution is -2.60. The highest BCUT2D eigenvalue weighted by atomic mass is 16.5. The molecule has 0 bridgehead atoms. The number of hydrogen-bond donors (Lipinski definition) is 3. The number of pyridine rings is 1. The minimum atomic E-state index is -1.59. The Balaban J connectivity index is 1.55. The van der Waals surface area contributed by atoms with Crippen molar-refractivity contribution in [2.75, 3.05) is 19.6 Å². The van der Waals surface area contributed by atoms with Crippen LogP contribution in [0.5, 0.6) is 5.75 Å².